The van der Waals surface area contributed by atoms with Crippen LogP contribution in [0.4, 0.5) is 0 Å². The summed E-state index contributed by atoms with van der Waals surface area (Å²) in [6, 6.07) is 10.7. The predicted octanol–water partition coefficient (Wildman–Crippen LogP) is 3.61. The largest absolute Gasteiger partial charge is 0.312 e. The van der Waals surface area contributed by atoms with Crippen LogP contribution in [0.1, 0.15) is 50.4 Å². The summed E-state index contributed by atoms with van der Waals surface area (Å²) in [5, 5.41) is 8.19. The molecule has 0 aliphatic rings. The second-order valence-corrected chi connectivity index (χ2v) is 6.87. The lowest BCUT2D eigenvalue weighted by atomic mass is 9.89. The molecule has 1 heterocycles. The molecule has 0 fully saturated rings. The predicted molar refractivity (Wildman–Crippen MR) is 88.5 cm³/mol. The summed E-state index contributed by atoms with van der Waals surface area (Å²) < 4.78 is 1.91. The maximum atomic E-state index is 4.61. The molecular formula is C18H27N3. The number of hydrogen-bond acceptors (Lipinski definition) is 2. The highest BCUT2D eigenvalue weighted by atomic mass is 15.3. The Hall–Kier alpha value is -1.61. The van der Waals surface area contributed by atoms with Gasteiger partial charge in [0, 0.05) is 37.3 Å². The van der Waals surface area contributed by atoms with E-state index < -0.39 is 0 Å². The minimum absolute atomic E-state index is 0.0866. The van der Waals surface area contributed by atoms with Crippen LogP contribution < -0.4 is 5.32 Å². The fourth-order valence-electron chi connectivity index (χ4n) is 2.62. The molecule has 0 aliphatic carbocycles. The van der Waals surface area contributed by atoms with Crippen LogP contribution in [0.2, 0.25) is 0 Å². The number of hydrogen-bond donors (Lipinski definition) is 1. The smallest absolute Gasteiger partial charge is 0.0722 e. The van der Waals surface area contributed by atoms with Gasteiger partial charge >= 0.3 is 0 Å². The topological polar surface area (TPSA) is 29.9 Å². The first-order valence-electron chi connectivity index (χ1n) is 7.66. The SMILES string of the molecule is CC(CNCc1cn(C)nc1C(C)(C)C)c1ccccc1. The molecule has 3 nitrogen and oxygen atoms in total. The van der Waals surface area contributed by atoms with Crippen molar-refractivity contribution in [2.75, 3.05) is 6.54 Å². The van der Waals surface area contributed by atoms with Gasteiger partial charge in [0.2, 0.25) is 0 Å². The van der Waals surface area contributed by atoms with E-state index in [9.17, 15) is 0 Å². The van der Waals surface area contributed by atoms with E-state index in [-0.39, 0.29) is 5.41 Å². The van der Waals surface area contributed by atoms with Crippen LogP contribution in [0.3, 0.4) is 0 Å². The lowest BCUT2D eigenvalue weighted by molar-refractivity contribution is 0.540. The normalized spacial score (nSPS) is 13.4. The maximum absolute atomic E-state index is 4.61. The summed E-state index contributed by atoms with van der Waals surface area (Å²) in [5.41, 5.74) is 3.95. The molecule has 0 saturated carbocycles. The van der Waals surface area contributed by atoms with Gasteiger partial charge in [-0.3, -0.25) is 4.68 Å². The van der Waals surface area contributed by atoms with Gasteiger partial charge in [-0.05, 0) is 11.5 Å². The monoisotopic (exact) mass is 285 g/mol. The van der Waals surface area contributed by atoms with E-state index >= 15 is 0 Å². The van der Waals surface area contributed by atoms with Gasteiger partial charge in [0.25, 0.3) is 0 Å². The van der Waals surface area contributed by atoms with Gasteiger partial charge in [-0.15, -0.1) is 0 Å². The molecule has 2 rings (SSSR count). The van der Waals surface area contributed by atoms with Crippen molar-refractivity contribution in [1.82, 2.24) is 15.1 Å². The Kier molecular flexibility index (Phi) is 4.84. The molecule has 1 atom stereocenters. The highest BCUT2D eigenvalue weighted by Crippen LogP contribution is 2.24. The average Bonchev–Trinajstić information content (AvgIpc) is 2.81. The molecule has 1 aromatic carbocycles. The maximum Gasteiger partial charge on any atom is 0.0722 e. The molecule has 1 unspecified atom stereocenters. The lowest BCUT2D eigenvalue weighted by Gasteiger charge is -2.18. The van der Waals surface area contributed by atoms with Crippen molar-refractivity contribution >= 4 is 0 Å². The first-order chi connectivity index (χ1) is 9.88. The van der Waals surface area contributed by atoms with Crippen LogP contribution in [0, 0.1) is 0 Å². The number of nitrogens with one attached hydrogen (secondary N) is 1. The molecule has 0 bridgehead atoms. The Balaban J connectivity index is 1.95. The Labute approximate surface area is 128 Å². The van der Waals surface area contributed by atoms with Gasteiger partial charge in [0.15, 0.2) is 0 Å². The summed E-state index contributed by atoms with van der Waals surface area (Å²) in [7, 11) is 1.99. The molecule has 2 aromatic rings. The first-order valence-corrected chi connectivity index (χ1v) is 7.66. The average molecular weight is 285 g/mol. The minimum atomic E-state index is 0.0866. The van der Waals surface area contributed by atoms with Crippen LogP contribution >= 0.6 is 0 Å². The summed E-state index contributed by atoms with van der Waals surface area (Å²) in [5.74, 6) is 0.515. The number of benzene rings is 1. The number of rotatable bonds is 5. The molecule has 0 spiro atoms. The Morgan fingerprint density at radius 2 is 1.86 bits per heavy atom. The summed E-state index contributed by atoms with van der Waals surface area (Å²) in [6.07, 6.45) is 2.13. The van der Waals surface area contributed by atoms with Crippen molar-refractivity contribution in [2.45, 2.75) is 45.6 Å². The van der Waals surface area contributed by atoms with E-state index in [1.807, 2.05) is 11.7 Å². The molecule has 21 heavy (non-hydrogen) atoms. The van der Waals surface area contributed by atoms with Crippen molar-refractivity contribution in [3.8, 4) is 0 Å². The van der Waals surface area contributed by atoms with Gasteiger partial charge in [-0.2, -0.15) is 5.10 Å². The summed E-state index contributed by atoms with van der Waals surface area (Å²) in [4.78, 5) is 0. The zero-order valence-electron chi connectivity index (χ0n) is 13.9. The number of nitrogens with zero attached hydrogens (tertiary/aromatic N) is 2. The fourth-order valence-corrected chi connectivity index (χ4v) is 2.62. The van der Waals surface area contributed by atoms with E-state index in [1.54, 1.807) is 0 Å². The third kappa shape index (κ3) is 4.18. The van der Waals surface area contributed by atoms with E-state index in [1.165, 1.54) is 16.8 Å². The van der Waals surface area contributed by atoms with Gasteiger partial charge in [0.05, 0.1) is 5.69 Å². The van der Waals surface area contributed by atoms with Crippen molar-refractivity contribution < 1.29 is 0 Å². The van der Waals surface area contributed by atoms with Crippen LogP contribution in [0.15, 0.2) is 36.5 Å². The third-order valence-corrected chi connectivity index (χ3v) is 3.75. The summed E-state index contributed by atoms with van der Waals surface area (Å²) in [6.45, 7) is 10.7. The zero-order chi connectivity index (χ0) is 15.5. The zero-order valence-corrected chi connectivity index (χ0v) is 13.9. The van der Waals surface area contributed by atoms with Gasteiger partial charge in [0.1, 0.15) is 0 Å². The highest BCUT2D eigenvalue weighted by Gasteiger charge is 2.21. The van der Waals surface area contributed by atoms with E-state index in [4.69, 9.17) is 0 Å². The molecular weight excluding hydrogens is 258 g/mol. The van der Waals surface area contributed by atoms with E-state index in [0.29, 0.717) is 5.92 Å². The van der Waals surface area contributed by atoms with Gasteiger partial charge in [-0.1, -0.05) is 58.0 Å². The fraction of sp³-hybridized carbons (Fsp3) is 0.500. The first kappa shape index (κ1) is 15.8. The van der Waals surface area contributed by atoms with E-state index in [0.717, 1.165) is 13.1 Å². The second kappa shape index (κ2) is 6.44. The van der Waals surface area contributed by atoms with Crippen LogP contribution in [-0.4, -0.2) is 16.3 Å². The Bertz CT molecular complexity index is 564. The van der Waals surface area contributed by atoms with Crippen molar-refractivity contribution in [3.63, 3.8) is 0 Å². The Morgan fingerprint density at radius 3 is 2.48 bits per heavy atom. The standard InChI is InChI=1S/C18H27N3/c1-14(15-9-7-6-8-10-15)11-19-12-16-13-21(5)20-17(16)18(2,3)4/h6-10,13-14,19H,11-12H2,1-5H3. The number of aryl methyl sites for hydroxylation is 1. The minimum Gasteiger partial charge on any atom is -0.312 e. The molecule has 0 saturated heterocycles. The van der Waals surface area contributed by atoms with Crippen molar-refractivity contribution in [3.05, 3.63) is 53.3 Å². The van der Waals surface area contributed by atoms with Crippen LogP contribution in [-0.2, 0) is 19.0 Å². The molecule has 1 aromatic heterocycles. The molecule has 0 amide bonds. The summed E-state index contributed by atoms with van der Waals surface area (Å²) >= 11 is 0. The van der Waals surface area contributed by atoms with Crippen molar-refractivity contribution in [1.29, 1.82) is 0 Å². The number of aromatic nitrogens is 2. The van der Waals surface area contributed by atoms with E-state index in [2.05, 4.69) is 74.6 Å². The van der Waals surface area contributed by atoms with Crippen LogP contribution in [0.5, 0.6) is 0 Å². The molecule has 3 heteroatoms. The Morgan fingerprint density at radius 1 is 1.19 bits per heavy atom. The van der Waals surface area contributed by atoms with Gasteiger partial charge < -0.3 is 5.32 Å². The quantitative estimate of drug-likeness (QED) is 0.909. The molecule has 114 valence electrons. The molecule has 0 radical (unpaired) electrons. The van der Waals surface area contributed by atoms with Crippen molar-refractivity contribution in [2.24, 2.45) is 7.05 Å². The molecule has 0 aliphatic heterocycles. The van der Waals surface area contributed by atoms with Crippen LogP contribution in [0.25, 0.3) is 0 Å². The highest BCUT2D eigenvalue weighted by molar-refractivity contribution is 5.24. The van der Waals surface area contributed by atoms with Gasteiger partial charge in [-0.25, -0.2) is 0 Å². The third-order valence-electron chi connectivity index (χ3n) is 3.75. The lowest BCUT2D eigenvalue weighted by Crippen LogP contribution is -2.22. The second-order valence-electron chi connectivity index (χ2n) is 6.87. The molecule has 1 N–H and O–H groups in total.